The van der Waals surface area contributed by atoms with Gasteiger partial charge in [0.15, 0.2) is 5.82 Å². The molecule has 102 valence electrons. The molecule has 0 aromatic heterocycles. The van der Waals surface area contributed by atoms with E-state index < -0.39 is 10.7 Å². The summed E-state index contributed by atoms with van der Waals surface area (Å²) in [6.07, 6.45) is 2.30. The van der Waals surface area contributed by atoms with E-state index in [0.29, 0.717) is 31.4 Å². The summed E-state index contributed by atoms with van der Waals surface area (Å²) in [5.74, 6) is 0.0386. The molecule has 3 rings (SSSR count). The molecule has 1 saturated heterocycles. The standard InChI is InChI=1S/C13H15FN2O3/c14-11-7-10(16(17)18)3-4-12(11)15-5-6-19-8-13(15)9-1-2-9/h3-4,7,9,13H,1-2,5-6,8H2. The minimum absolute atomic E-state index is 0.199. The van der Waals surface area contributed by atoms with Crippen molar-refractivity contribution in [2.45, 2.75) is 18.9 Å². The first kappa shape index (κ1) is 12.3. The van der Waals surface area contributed by atoms with Crippen molar-refractivity contribution in [1.82, 2.24) is 0 Å². The smallest absolute Gasteiger partial charge is 0.272 e. The molecule has 5 nitrogen and oxygen atoms in total. The van der Waals surface area contributed by atoms with Gasteiger partial charge in [0, 0.05) is 12.6 Å². The van der Waals surface area contributed by atoms with E-state index in [0.717, 1.165) is 18.9 Å². The van der Waals surface area contributed by atoms with Crippen LogP contribution in [0.3, 0.4) is 0 Å². The number of morpholine rings is 1. The van der Waals surface area contributed by atoms with Crippen LogP contribution in [-0.4, -0.2) is 30.7 Å². The molecule has 1 aromatic rings. The lowest BCUT2D eigenvalue weighted by atomic mass is 10.1. The Morgan fingerprint density at radius 1 is 1.42 bits per heavy atom. The number of non-ortho nitro benzene ring substituents is 1. The van der Waals surface area contributed by atoms with Crippen LogP contribution in [0.5, 0.6) is 0 Å². The predicted octanol–water partition coefficient (Wildman–Crippen LogP) is 2.35. The number of halogens is 1. The lowest BCUT2D eigenvalue weighted by Gasteiger charge is -2.37. The van der Waals surface area contributed by atoms with E-state index >= 15 is 0 Å². The van der Waals surface area contributed by atoms with Crippen LogP contribution in [-0.2, 0) is 4.74 Å². The molecule has 1 aliphatic carbocycles. The molecule has 19 heavy (non-hydrogen) atoms. The van der Waals surface area contributed by atoms with E-state index in [1.165, 1.54) is 12.1 Å². The maximum Gasteiger partial charge on any atom is 0.272 e. The third-order valence-electron chi connectivity index (χ3n) is 3.78. The van der Waals surface area contributed by atoms with Crippen LogP contribution in [0.25, 0.3) is 0 Å². The number of hydrogen-bond acceptors (Lipinski definition) is 4. The molecular weight excluding hydrogens is 251 g/mol. The van der Waals surface area contributed by atoms with E-state index in [1.54, 1.807) is 0 Å². The molecule has 6 heteroatoms. The minimum Gasteiger partial charge on any atom is -0.377 e. The fraction of sp³-hybridized carbons (Fsp3) is 0.538. The van der Waals surface area contributed by atoms with E-state index in [1.807, 2.05) is 4.90 Å². The molecule has 0 amide bonds. The molecule has 2 fully saturated rings. The summed E-state index contributed by atoms with van der Waals surface area (Å²) in [5, 5.41) is 10.6. The quantitative estimate of drug-likeness (QED) is 0.622. The van der Waals surface area contributed by atoms with Gasteiger partial charge in [0.05, 0.1) is 35.9 Å². The van der Waals surface area contributed by atoms with Crippen LogP contribution >= 0.6 is 0 Å². The van der Waals surface area contributed by atoms with Crippen LogP contribution < -0.4 is 4.90 Å². The largest absolute Gasteiger partial charge is 0.377 e. The maximum absolute atomic E-state index is 14.1. The number of hydrogen-bond donors (Lipinski definition) is 0. The van der Waals surface area contributed by atoms with Crippen LogP contribution in [0.1, 0.15) is 12.8 Å². The van der Waals surface area contributed by atoms with Gasteiger partial charge in [-0.15, -0.1) is 0 Å². The summed E-state index contributed by atoms with van der Waals surface area (Å²) in [4.78, 5) is 12.0. The number of nitrogens with zero attached hydrogens (tertiary/aromatic N) is 2. The lowest BCUT2D eigenvalue weighted by Crippen LogP contribution is -2.47. The molecule has 1 unspecified atom stereocenters. The lowest BCUT2D eigenvalue weighted by molar-refractivity contribution is -0.385. The van der Waals surface area contributed by atoms with Crippen molar-refractivity contribution >= 4 is 11.4 Å². The van der Waals surface area contributed by atoms with Crippen molar-refractivity contribution in [3.63, 3.8) is 0 Å². The summed E-state index contributed by atoms with van der Waals surface area (Å²) in [6, 6.07) is 4.06. The number of anilines is 1. The first-order valence-corrected chi connectivity index (χ1v) is 6.45. The van der Waals surface area contributed by atoms with Crippen LogP contribution in [0.4, 0.5) is 15.8 Å². The predicted molar refractivity (Wildman–Crippen MR) is 67.7 cm³/mol. The molecule has 1 aliphatic heterocycles. The highest BCUT2D eigenvalue weighted by atomic mass is 19.1. The highest BCUT2D eigenvalue weighted by Gasteiger charge is 2.38. The fourth-order valence-corrected chi connectivity index (χ4v) is 2.64. The molecule has 1 atom stereocenters. The number of ether oxygens (including phenoxy) is 1. The molecule has 0 spiro atoms. The monoisotopic (exact) mass is 266 g/mol. The SMILES string of the molecule is O=[N+]([O-])c1ccc(N2CCOCC2C2CC2)c(F)c1. The second-order valence-electron chi connectivity index (χ2n) is 5.07. The Bertz CT molecular complexity index is 505. The summed E-state index contributed by atoms with van der Waals surface area (Å²) in [6.45, 7) is 1.82. The molecule has 1 saturated carbocycles. The Morgan fingerprint density at radius 3 is 2.84 bits per heavy atom. The number of nitro groups is 1. The summed E-state index contributed by atoms with van der Waals surface area (Å²) in [7, 11) is 0. The Kier molecular flexibility index (Phi) is 3.10. The van der Waals surface area contributed by atoms with Crippen molar-refractivity contribution in [2.24, 2.45) is 5.92 Å². The normalized spacial score (nSPS) is 23.4. The Hall–Kier alpha value is -1.69. The zero-order valence-corrected chi connectivity index (χ0v) is 10.4. The van der Waals surface area contributed by atoms with Gasteiger partial charge in [0.25, 0.3) is 5.69 Å². The molecule has 2 aliphatic rings. The Morgan fingerprint density at radius 2 is 2.21 bits per heavy atom. The third kappa shape index (κ3) is 2.40. The second-order valence-corrected chi connectivity index (χ2v) is 5.07. The first-order valence-electron chi connectivity index (χ1n) is 6.45. The van der Waals surface area contributed by atoms with Gasteiger partial charge in [-0.1, -0.05) is 0 Å². The highest BCUT2D eigenvalue weighted by Crippen LogP contribution is 2.39. The summed E-state index contributed by atoms with van der Waals surface area (Å²) >= 11 is 0. The van der Waals surface area contributed by atoms with Crippen LogP contribution in [0, 0.1) is 21.8 Å². The number of rotatable bonds is 3. The van der Waals surface area contributed by atoms with Gasteiger partial charge >= 0.3 is 0 Å². The van der Waals surface area contributed by atoms with Crippen molar-refractivity contribution in [1.29, 1.82) is 0 Å². The van der Waals surface area contributed by atoms with E-state index in [2.05, 4.69) is 0 Å². The number of benzene rings is 1. The van der Waals surface area contributed by atoms with Crippen molar-refractivity contribution < 1.29 is 14.1 Å². The zero-order chi connectivity index (χ0) is 13.4. The average Bonchev–Trinajstić information content (AvgIpc) is 3.23. The van der Waals surface area contributed by atoms with Gasteiger partial charge in [0.2, 0.25) is 0 Å². The van der Waals surface area contributed by atoms with Crippen LogP contribution in [0.2, 0.25) is 0 Å². The topological polar surface area (TPSA) is 55.6 Å². The van der Waals surface area contributed by atoms with Gasteiger partial charge in [-0.2, -0.15) is 0 Å². The Balaban J connectivity index is 1.89. The van der Waals surface area contributed by atoms with E-state index in [-0.39, 0.29) is 11.7 Å². The molecule has 0 N–H and O–H groups in total. The second kappa shape index (κ2) is 4.77. The van der Waals surface area contributed by atoms with Gasteiger partial charge in [0.1, 0.15) is 0 Å². The summed E-state index contributed by atoms with van der Waals surface area (Å²) in [5.41, 5.74) is 0.239. The number of nitro benzene ring substituents is 1. The minimum atomic E-state index is -0.579. The van der Waals surface area contributed by atoms with Gasteiger partial charge in [-0.05, 0) is 24.8 Å². The fourth-order valence-electron chi connectivity index (χ4n) is 2.64. The van der Waals surface area contributed by atoms with Gasteiger partial charge in [-0.25, -0.2) is 4.39 Å². The average molecular weight is 266 g/mol. The van der Waals surface area contributed by atoms with E-state index in [9.17, 15) is 14.5 Å². The molecule has 0 radical (unpaired) electrons. The van der Waals surface area contributed by atoms with Gasteiger partial charge in [-0.3, -0.25) is 10.1 Å². The molecule has 1 aromatic carbocycles. The zero-order valence-electron chi connectivity index (χ0n) is 10.4. The Labute approximate surface area is 110 Å². The first-order chi connectivity index (χ1) is 9.16. The van der Waals surface area contributed by atoms with Crippen LogP contribution in [0.15, 0.2) is 18.2 Å². The molecule has 1 heterocycles. The van der Waals surface area contributed by atoms with Crippen molar-refractivity contribution in [2.75, 3.05) is 24.7 Å². The highest BCUT2D eigenvalue weighted by molar-refractivity contribution is 5.53. The maximum atomic E-state index is 14.1. The van der Waals surface area contributed by atoms with Crippen molar-refractivity contribution in [3.8, 4) is 0 Å². The molecular formula is C13H15FN2O3. The van der Waals surface area contributed by atoms with Crippen molar-refractivity contribution in [3.05, 3.63) is 34.1 Å². The molecule has 0 bridgehead atoms. The van der Waals surface area contributed by atoms with E-state index in [4.69, 9.17) is 4.74 Å². The van der Waals surface area contributed by atoms with Gasteiger partial charge < -0.3 is 9.64 Å². The third-order valence-corrected chi connectivity index (χ3v) is 3.78. The summed E-state index contributed by atoms with van der Waals surface area (Å²) < 4.78 is 19.5.